The van der Waals surface area contributed by atoms with Crippen LogP contribution in [0.5, 0.6) is 0 Å². The predicted octanol–water partition coefficient (Wildman–Crippen LogP) is 2.10. The van der Waals surface area contributed by atoms with Crippen molar-refractivity contribution >= 4 is 0 Å². The number of rotatable bonds is 1. The molecule has 1 fully saturated rings. The van der Waals surface area contributed by atoms with Gasteiger partial charge in [0.1, 0.15) is 5.82 Å². The Balaban J connectivity index is 2.33. The third kappa shape index (κ3) is 2.19. The minimum atomic E-state index is -0.152. The van der Waals surface area contributed by atoms with Crippen LogP contribution in [0.1, 0.15) is 22.8 Å². The Labute approximate surface area is 89.4 Å². The van der Waals surface area contributed by atoms with Gasteiger partial charge in [-0.05, 0) is 31.0 Å². The fourth-order valence-electron chi connectivity index (χ4n) is 2.09. The van der Waals surface area contributed by atoms with Crippen molar-refractivity contribution in [2.24, 2.45) is 0 Å². The minimum Gasteiger partial charge on any atom is -0.371 e. The molecule has 0 amide bonds. The van der Waals surface area contributed by atoms with Gasteiger partial charge < -0.3 is 10.1 Å². The molecular weight excluding hydrogens is 193 g/mol. The largest absolute Gasteiger partial charge is 0.371 e. The predicted molar refractivity (Wildman–Crippen MR) is 57.4 cm³/mol. The standard InChI is InChI=1S/C12H16FNO/c1-8-5-9(2)12(10(13)6-8)11-7-14-3-4-15-11/h5-6,11,14H,3-4,7H2,1-2H3. The highest BCUT2D eigenvalue weighted by Crippen LogP contribution is 2.26. The maximum atomic E-state index is 13.8. The maximum Gasteiger partial charge on any atom is 0.129 e. The van der Waals surface area contributed by atoms with Gasteiger partial charge in [0.15, 0.2) is 0 Å². The number of nitrogens with one attached hydrogen (secondary N) is 1. The van der Waals surface area contributed by atoms with Crippen LogP contribution in [0.2, 0.25) is 0 Å². The highest BCUT2D eigenvalue weighted by Gasteiger charge is 2.21. The molecule has 1 heterocycles. The number of aryl methyl sites for hydroxylation is 2. The van der Waals surface area contributed by atoms with Crippen LogP contribution in [-0.4, -0.2) is 19.7 Å². The lowest BCUT2D eigenvalue weighted by Crippen LogP contribution is -2.34. The van der Waals surface area contributed by atoms with Crippen LogP contribution < -0.4 is 5.32 Å². The fraction of sp³-hybridized carbons (Fsp3) is 0.500. The van der Waals surface area contributed by atoms with Crippen LogP contribution in [0.3, 0.4) is 0 Å². The highest BCUT2D eigenvalue weighted by molar-refractivity contribution is 5.34. The molecule has 0 saturated carbocycles. The van der Waals surface area contributed by atoms with Gasteiger partial charge in [-0.1, -0.05) is 6.07 Å². The summed E-state index contributed by atoms with van der Waals surface area (Å²) < 4.78 is 19.4. The summed E-state index contributed by atoms with van der Waals surface area (Å²) in [5.74, 6) is -0.152. The second kappa shape index (κ2) is 4.29. The Kier molecular flexibility index (Phi) is 3.03. The molecule has 1 aliphatic heterocycles. The van der Waals surface area contributed by atoms with Gasteiger partial charge in [0.2, 0.25) is 0 Å². The van der Waals surface area contributed by atoms with E-state index in [9.17, 15) is 4.39 Å². The van der Waals surface area contributed by atoms with Crippen molar-refractivity contribution in [2.75, 3.05) is 19.7 Å². The van der Waals surface area contributed by atoms with Gasteiger partial charge in [-0.2, -0.15) is 0 Å². The fourth-order valence-corrected chi connectivity index (χ4v) is 2.09. The molecule has 0 spiro atoms. The molecule has 1 N–H and O–H groups in total. The lowest BCUT2D eigenvalue weighted by atomic mass is 9.99. The van der Waals surface area contributed by atoms with Crippen molar-refractivity contribution in [3.8, 4) is 0 Å². The molecule has 0 aromatic heterocycles. The Bertz CT molecular complexity index is 336. The van der Waals surface area contributed by atoms with Crippen LogP contribution in [0.25, 0.3) is 0 Å². The molecule has 1 unspecified atom stereocenters. The molecular formula is C12H16FNO. The lowest BCUT2D eigenvalue weighted by molar-refractivity contribution is 0.0251. The van der Waals surface area contributed by atoms with Gasteiger partial charge in [0.25, 0.3) is 0 Å². The number of halogens is 1. The van der Waals surface area contributed by atoms with Gasteiger partial charge in [0, 0.05) is 18.7 Å². The van der Waals surface area contributed by atoms with E-state index in [0.717, 1.165) is 17.7 Å². The summed E-state index contributed by atoms with van der Waals surface area (Å²) in [7, 11) is 0. The summed E-state index contributed by atoms with van der Waals surface area (Å²) in [5.41, 5.74) is 2.63. The zero-order chi connectivity index (χ0) is 10.8. The Morgan fingerprint density at radius 2 is 2.20 bits per heavy atom. The van der Waals surface area contributed by atoms with E-state index >= 15 is 0 Å². The number of ether oxygens (including phenoxy) is 1. The van der Waals surface area contributed by atoms with Crippen LogP contribution in [-0.2, 0) is 4.74 Å². The lowest BCUT2D eigenvalue weighted by Gasteiger charge is -2.25. The van der Waals surface area contributed by atoms with Gasteiger partial charge in [-0.15, -0.1) is 0 Å². The summed E-state index contributed by atoms with van der Waals surface area (Å²) in [6, 6.07) is 3.57. The first-order chi connectivity index (χ1) is 7.18. The van der Waals surface area contributed by atoms with Crippen LogP contribution in [0.15, 0.2) is 12.1 Å². The van der Waals surface area contributed by atoms with E-state index < -0.39 is 0 Å². The van der Waals surface area contributed by atoms with Crippen molar-refractivity contribution in [3.63, 3.8) is 0 Å². The molecule has 1 aromatic carbocycles. The van der Waals surface area contributed by atoms with Crippen molar-refractivity contribution in [3.05, 3.63) is 34.6 Å². The Hall–Kier alpha value is -0.930. The smallest absolute Gasteiger partial charge is 0.129 e. The second-order valence-electron chi connectivity index (χ2n) is 4.04. The quantitative estimate of drug-likeness (QED) is 0.764. The Morgan fingerprint density at radius 3 is 2.80 bits per heavy atom. The van der Waals surface area contributed by atoms with Crippen LogP contribution in [0, 0.1) is 19.7 Å². The summed E-state index contributed by atoms with van der Waals surface area (Å²) in [6.07, 6.45) is -0.139. The molecule has 2 rings (SSSR count). The first-order valence-corrected chi connectivity index (χ1v) is 5.27. The molecule has 1 saturated heterocycles. The summed E-state index contributed by atoms with van der Waals surface area (Å²) in [4.78, 5) is 0. The van der Waals surface area contributed by atoms with Gasteiger partial charge in [-0.25, -0.2) is 4.39 Å². The zero-order valence-electron chi connectivity index (χ0n) is 9.14. The summed E-state index contributed by atoms with van der Waals surface area (Å²) in [5, 5.41) is 3.21. The van der Waals surface area contributed by atoms with E-state index in [0.29, 0.717) is 18.7 Å². The number of benzene rings is 1. The van der Waals surface area contributed by atoms with E-state index in [-0.39, 0.29) is 11.9 Å². The molecule has 0 bridgehead atoms. The molecule has 82 valence electrons. The average molecular weight is 209 g/mol. The minimum absolute atomic E-state index is 0.139. The van der Waals surface area contributed by atoms with Crippen molar-refractivity contribution in [1.29, 1.82) is 0 Å². The third-order valence-electron chi connectivity index (χ3n) is 2.73. The molecule has 0 radical (unpaired) electrons. The monoisotopic (exact) mass is 209 g/mol. The SMILES string of the molecule is Cc1cc(C)c(C2CNCCO2)c(F)c1. The zero-order valence-corrected chi connectivity index (χ0v) is 9.14. The highest BCUT2D eigenvalue weighted by atomic mass is 19.1. The normalized spacial score (nSPS) is 21.7. The van der Waals surface area contributed by atoms with Crippen molar-refractivity contribution < 1.29 is 9.13 Å². The number of hydrogen-bond acceptors (Lipinski definition) is 2. The number of morpholine rings is 1. The molecule has 1 aromatic rings. The molecule has 1 atom stereocenters. The molecule has 1 aliphatic rings. The first-order valence-electron chi connectivity index (χ1n) is 5.27. The Morgan fingerprint density at radius 1 is 1.40 bits per heavy atom. The maximum absolute atomic E-state index is 13.8. The molecule has 2 nitrogen and oxygen atoms in total. The van der Waals surface area contributed by atoms with Crippen molar-refractivity contribution in [1.82, 2.24) is 5.32 Å². The number of hydrogen-bond donors (Lipinski definition) is 1. The van der Waals surface area contributed by atoms with E-state index in [1.54, 1.807) is 6.07 Å². The first kappa shape index (κ1) is 10.6. The molecule has 15 heavy (non-hydrogen) atoms. The summed E-state index contributed by atoms with van der Waals surface area (Å²) >= 11 is 0. The van der Waals surface area contributed by atoms with E-state index in [1.165, 1.54) is 0 Å². The van der Waals surface area contributed by atoms with Crippen molar-refractivity contribution in [2.45, 2.75) is 20.0 Å². The second-order valence-corrected chi connectivity index (χ2v) is 4.04. The van der Waals surface area contributed by atoms with E-state index in [2.05, 4.69) is 5.32 Å². The summed E-state index contributed by atoms with van der Waals surface area (Å²) in [6.45, 7) is 6.03. The van der Waals surface area contributed by atoms with Gasteiger partial charge in [0.05, 0.1) is 12.7 Å². The molecule has 3 heteroatoms. The third-order valence-corrected chi connectivity index (χ3v) is 2.73. The van der Waals surface area contributed by atoms with Gasteiger partial charge in [-0.3, -0.25) is 0 Å². The van der Waals surface area contributed by atoms with Crippen LogP contribution >= 0.6 is 0 Å². The average Bonchev–Trinajstić information content (AvgIpc) is 2.17. The van der Waals surface area contributed by atoms with Gasteiger partial charge >= 0.3 is 0 Å². The topological polar surface area (TPSA) is 21.3 Å². The van der Waals surface area contributed by atoms with Crippen LogP contribution in [0.4, 0.5) is 4.39 Å². The molecule has 0 aliphatic carbocycles. The van der Waals surface area contributed by atoms with E-state index in [1.807, 2.05) is 19.9 Å². The van der Waals surface area contributed by atoms with E-state index in [4.69, 9.17) is 4.74 Å².